The predicted octanol–water partition coefficient (Wildman–Crippen LogP) is 3.45. The summed E-state index contributed by atoms with van der Waals surface area (Å²) in [5, 5.41) is 4.44. The van der Waals surface area contributed by atoms with Gasteiger partial charge in [0.25, 0.3) is 0 Å². The number of nitrogens with one attached hydrogen (secondary N) is 1. The van der Waals surface area contributed by atoms with Crippen LogP contribution >= 0.6 is 11.6 Å². The zero-order valence-corrected chi connectivity index (χ0v) is 12.3. The molecule has 0 bridgehead atoms. The number of halogens is 1. The third kappa shape index (κ3) is 2.96. The largest absolute Gasteiger partial charge is 0.314 e. The molecule has 1 heterocycles. The Labute approximate surface area is 121 Å². The van der Waals surface area contributed by atoms with E-state index in [9.17, 15) is 0 Å². The molecule has 0 atom stereocenters. The number of hydrogen-bond donors (Lipinski definition) is 1. The van der Waals surface area contributed by atoms with Crippen LogP contribution in [0.3, 0.4) is 0 Å². The van der Waals surface area contributed by atoms with Crippen molar-refractivity contribution in [2.75, 3.05) is 19.6 Å². The zero-order chi connectivity index (χ0) is 13.1. The standard InChI is InChI=1S/C16H23ClN2/c17-15-6-4-14(5-7-15)12-19-11-10-18-13-16(19)8-2-1-3-9-16/h4-7,18H,1-3,8-13H2. The second kappa shape index (κ2) is 5.82. The van der Waals surface area contributed by atoms with Crippen LogP contribution in [0.2, 0.25) is 5.02 Å². The molecule has 2 aliphatic rings. The van der Waals surface area contributed by atoms with E-state index in [-0.39, 0.29) is 0 Å². The number of rotatable bonds is 2. The maximum absolute atomic E-state index is 5.97. The highest BCUT2D eigenvalue weighted by atomic mass is 35.5. The highest BCUT2D eigenvalue weighted by Gasteiger charge is 2.39. The SMILES string of the molecule is Clc1ccc(CN2CCNCC23CCCCC3)cc1. The lowest BCUT2D eigenvalue weighted by Gasteiger charge is -2.50. The van der Waals surface area contributed by atoms with Gasteiger partial charge in [0.1, 0.15) is 0 Å². The van der Waals surface area contributed by atoms with Gasteiger partial charge in [0, 0.05) is 36.7 Å². The van der Waals surface area contributed by atoms with E-state index in [1.807, 2.05) is 12.1 Å². The first-order valence-corrected chi connectivity index (χ1v) is 7.87. The third-order valence-electron chi connectivity index (χ3n) is 4.75. The Bertz CT molecular complexity index is 401. The maximum atomic E-state index is 5.97. The quantitative estimate of drug-likeness (QED) is 0.891. The first-order chi connectivity index (χ1) is 9.28. The lowest BCUT2D eigenvalue weighted by atomic mass is 9.79. The second-order valence-corrected chi connectivity index (χ2v) is 6.45. The molecule has 2 fully saturated rings. The van der Waals surface area contributed by atoms with Crippen LogP contribution in [0, 0.1) is 0 Å². The molecule has 104 valence electrons. The molecule has 3 heteroatoms. The van der Waals surface area contributed by atoms with Crippen LogP contribution in [-0.4, -0.2) is 30.1 Å². The summed E-state index contributed by atoms with van der Waals surface area (Å²) in [5.74, 6) is 0. The van der Waals surface area contributed by atoms with Gasteiger partial charge in [-0.2, -0.15) is 0 Å². The van der Waals surface area contributed by atoms with Gasteiger partial charge in [0.2, 0.25) is 0 Å². The van der Waals surface area contributed by atoms with Crippen molar-refractivity contribution in [3.8, 4) is 0 Å². The Balaban J connectivity index is 1.75. The number of nitrogens with zero attached hydrogens (tertiary/aromatic N) is 1. The molecule has 1 saturated heterocycles. The van der Waals surface area contributed by atoms with E-state index in [4.69, 9.17) is 11.6 Å². The van der Waals surface area contributed by atoms with Gasteiger partial charge in [-0.1, -0.05) is 43.0 Å². The van der Waals surface area contributed by atoms with Gasteiger partial charge in [-0.05, 0) is 30.5 Å². The van der Waals surface area contributed by atoms with Crippen LogP contribution < -0.4 is 5.32 Å². The maximum Gasteiger partial charge on any atom is 0.0406 e. The molecule has 1 N–H and O–H groups in total. The van der Waals surface area contributed by atoms with Crippen molar-refractivity contribution >= 4 is 11.6 Å². The molecule has 1 aliphatic heterocycles. The first-order valence-electron chi connectivity index (χ1n) is 7.49. The predicted molar refractivity (Wildman–Crippen MR) is 80.5 cm³/mol. The fourth-order valence-electron chi connectivity index (χ4n) is 3.64. The summed E-state index contributed by atoms with van der Waals surface area (Å²) >= 11 is 5.97. The molecule has 1 spiro atoms. The van der Waals surface area contributed by atoms with Crippen molar-refractivity contribution in [3.05, 3.63) is 34.9 Å². The summed E-state index contributed by atoms with van der Waals surface area (Å²) < 4.78 is 0. The van der Waals surface area contributed by atoms with Crippen molar-refractivity contribution in [1.82, 2.24) is 10.2 Å². The Morgan fingerprint density at radius 2 is 1.84 bits per heavy atom. The van der Waals surface area contributed by atoms with E-state index >= 15 is 0 Å². The van der Waals surface area contributed by atoms with Crippen LogP contribution in [0.25, 0.3) is 0 Å². The lowest BCUT2D eigenvalue weighted by molar-refractivity contribution is 0.0209. The van der Waals surface area contributed by atoms with Gasteiger partial charge in [0.05, 0.1) is 0 Å². The molecule has 0 aromatic heterocycles. The molecular weight excluding hydrogens is 256 g/mol. The van der Waals surface area contributed by atoms with E-state index < -0.39 is 0 Å². The number of benzene rings is 1. The van der Waals surface area contributed by atoms with Crippen LogP contribution in [0.1, 0.15) is 37.7 Å². The summed E-state index contributed by atoms with van der Waals surface area (Å²) in [4.78, 5) is 2.71. The molecule has 1 aromatic carbocycles. The summed E-state index contributed by atoms with van der Waals surface area (Å²) in [7, 11) is 0. The van der Waals surface area contributed by atoms with Gasteiger partial charge in [0.15, 0.2) is 0 Å². The lowest BCUT2D eigenvalue weighted by Crippen LogP contribution is -2.61. The van der Waals surface area contributed by atoms with Crippen molar-refractivity contribution < 1.29 is 0 Å². The minimum Gasteiger partial charge on any atom is -0.314 e. The van der Waals surface area contributed by atoms with Gasteiger partial charge in [-0.25, -0.2) is 0 Å². The van der Waals surface area contributed by atoms with E-state index in [1.54, 1.807) is 0 Å². The minimum absolute atomic E-state index is 0.413. The summed E-state index contributed by atoms with van der Waals surface area (Å²) in [6.07, 6.45) is 6.90. The monoisotopic (exact) mass is 278 g/mol. The number of piperazine rings is 1. The fourth-order valence-corrected chi connectivity index (χ4v) is 3.77. The molecule has 0 amide bonds. The van der Waals surface area contributed by atoms with E-state index in [0.717, 1.165) is 18.1 Å². The Morgan fingerprint density at radius 1 is 1.11 bits per heavy atom. The Morgan fingerprint density at radius 3 is 2.58 bits per heavy atom. The normalized spacial score (nSPS) is 23.6. The smallest absolute Gasteiger partial charge is 0.0406 e. The van der Waals surface area contributed by atoms with E-state index in [2.05, 4.69) is 22.3 Å². The summed E-state index contributed by atoms with van der Waals surface area (Å²) in [6, 6.07) is 8.35. The molecule has 1 saturated carbocycles. The van der Waals surface area contributed by atoms with E-state index in [1.165, 1.54) is 50.8 Å². The highest BCUT2D eigenvalue weighted by Crippen LogP contribution is 2.35. The van der Waals surface area contributed by atoms with Crippen molar-refractivity contribution in [3.63, 3.8) is 0 Å². The molecule has 1 aromatic rings. The minimum atomic E-state index is 0.413. The average molecular weight is 279 g/mol. The number of hydrogen-bond acceptors (Lipinski definition) is 2. The topological polar surface area (TPSA) is 15.3 Å². The molecule has 2 nitrogen and oxygen atoms in total. The average Bonchev–Trinajstić information content (AvgIpc) is 2.45. The zero-order valence-electron chi connectivity index (χ0n) is 11.5. The first kappa shape index (κ1) is 13.4. The van der Waals surface area contributed by atoms with Gasteiger partial charge in [-0.3, -0.25) is 4.90 Å². The van der Waals surface area contributed by atoms with Crippen LogP contribution in [-0.2, 0) is 6.54 Å². The van der Waals surface area contributed by atoms with Gasteiger partial charge in [-0.15, -0.1) is 0 Å². The van der Waals surface area contributed by atoms with Gasteiger partial charge >= 0.3 is 0 Å². The third-order valence-corrected chi connectivity index (χ3v) is 5.01. The van der Waals surface area contributed by atoms with Crippen LogP contribution in [0.4, 0.5) is 0 Å². The summed E-state index contributed by atoms with van der Waals surface area (Å²) in [6.45, 7) is 4.53. The Kier molecular flexibility index (Phi) is 4.11. The van der Waals surface area contributed by atoms with Crippen LogP contribution in [0.5, 0.6) is 0 Å². The molecule has 1 aliphatic carbocycles. The molecule has 3 rings (SSSR count). The van der Waals surface area contributed by atoms with Crippen molar-refractivity contribution in [2.45, 2.75) is 44.2 Å². The van der Waals surface area contributed by atoms with Crippen molar-refractivity contribution in [1.29, 1.82) is 0 Å². The second-order valence-electron chi connectivity index (χ2n) is 6.01. The molecular formula is C16H23ClN2. The molecule has 0 unspecified atom stereocenters. The van der Waals surface area contributed by atoms with Gasteiger partial charge < -0.3 is 5.32 Å². The molecule has 0 radical (unpaired) electrons. The highest BCUT2D eigenvalue weighted by molar-refractivity contribution is 6.30. The van der Waals surface area contributed by atoms with E-state index in [0.29, 0.717) is 5.54 Å². The summed E-state index contributed by atoms with van der Waals surface area (Å²) in [5.41, 5.74) is 1.80. The fraction of sp³-hybridized carbons (Fsp3) is 0.625. The van der Waals surface area contributed by atoms with Crippen LogP contribution in [0.15, 0.2) is 24.3 Å². The Hall–Kier alpha value is -0.570. The van der Waals surface area contributed by atoms with Crippen molar-refractivity contribution in [2.24, 2.45) is 0 Å². The molecule has 19 heavy (non-hydrogen) atoms.